The third kappa shape index (κ3) is 15.6. The first-order chi connectivity index (χ1) is 7.45. The van der Waals surface area contributed by atoms with Gasteiger partial charge in [0.2, 0.25) is 9.23 Å². The van der Waals surface area contributed by atoms with Crippen molar-refractivity contribution < 1.29 is 4.21 Å². The lowest BCUT2D eigenvalue weighted by Crippen LogP contribution is -2.54. The molecule has 1 saturated heterocycles. The van der Waals surface area contributed by atoms with Crippen molar-refractivity contribution >= 4 is 67.0 Å². The Bertz CT molecular complexity index is 199. The Morgan fingerprint density at radius 3 is 1.94 bits per heavy atom. The van der Waals surface area contributed by atoms with Gasteiger partial charge >= 0.3 is 0 Å². The van der Waals surface area contributed by atoms with Crippen molar-refractivity contribution in [3.63, 3.8) is 0 Å². The fourth-order valence-electron chi connectivity index (χ4n) is 1.91. The number of rotatable bonds is 3. The zero-order valence-corrected chi connectivity index (χ0v) is 15.1. The lowest BCUT2D eigenvalue weighted by atomic mass is 10.1. The Hall–Kier alpha value is 1.52. The maximum absolute atomic E-state index is 9.09. The molecule has 0 amide bonds. The molecule has 2 atom stereocenters. The second-order valence-electron chi connectivity index (χ2n) is 3.96. The number of nitrogens with zero attached hydrogens (tertiary/aromatic N) is 1. The van der Waals surface area contributed by atoms with Crippen molar-refractivity contribution in [3.8, 4) is 0 Å². The molecule has 1 heterocycles. The van der Waals surface area contributed by atoms with Gasteiger partial charge in [-0.2, -0.15) is 0 Å². The SMILES string of the molecule is C[C@@H]1CN(CCCCl)C[C@H](C)N1.Cl.Cl.O=S(Cl)Cl. The first kappa shape index (κ1) is 24.5. The molecule has 0 saturated carbocycles. The zero-order chi connectivity index (χ0) is 12.6. The molecule has 114 valence electrons. The van der Waals surface area contributed by atoms with E-state index in [0.717, 1.165) is 18.8 Å². The van der Waals surface area contributed by atoms with Gasteiger partial charge in [0.15, 0.2) is 0 Å². The minimum Gasteiger partial charge on any atom is -0.309 e. The Kier molecular flexibility index (Phi) is 20.3. The van der Waals surface area contributed by atoms with Gasteiger partial charge in [0.05, 0.1) is 0 Å². The Morgan fingerprint density at radius 2 is 1.61 bits per heavy atom. The summed E-state index contributed by atoms with van der Waals surface area (Å²) in [4.78, 5) is 2.49. The van der Waals surface area contributed by atoms with Crippen LogP contribution in [-0.4, -0.2) is 46.7 Å². The van der Waals surface area contributed by atoms with Gasteiger partial charge in [0.25, 0.3) is 0 Å². The van der Waals surface area contributed by atoms with E-state index in [1.54, 1.807) is 0 Å². The average molecular weight is 383 g/mol. The summed E-state index contributed by atoms with van der Waals surface area (Å²) in [5.74, 6) is 0.784. The van der Waals surface area contributed by atoms with Crippen molar-refractivity contribution in [1.29, 1.82) is 0 Å². The minimum atomic E-state index is -1.67. The predicted molar refractivity (Wildman–Crippen MR) is 88.2 cm³/mol. The van der Waals surface area contributed by atoms with Gasteiger partial charge in [0, 0.05) is 52.4 Å². The molecule has 0 spiro atoms. The summed E-state index contributed by atoms with van der Waals surface area (Å²) in [7, 11) is 7.36. The van der Waals surface area contributed by atoms with Gasteiger partial charge in [-0.1, -0.05) is 0 Å². The molecule has 1 aliphatic rings. The van der Waals surface area contributed by atoms with E-state index in [1.165, 1.54) is 13.1 Å². The molecule has 0 radical (unpaired) electrons. The Labute approximate surface area is 139 Å². The highest BCUT2D eigenvalue weighted by molar-refractivity contribution is 8.26. The fraction of sp³-hybridized carbons (Fsp3) is 1.00. The second kappa shape index (κ2) is 14.9. The number of hydrogen-bond acceptors (Lipinski definition) is 3. The summed E-state index contributed by atoms with van der Waals surface area (Å²) < 4.78 is 9.09. The van der Waals surface area contributed by atoms with E-state index < -0.39 is 9.23 Å². The lowest BCUT2D eigenvalue weighted by Gasteiger charge is -2.36. The van der Waals surface area contributed by atoms with Crippen LogP contribution in [0.1, 0.15) is 20.3 Å². The third-order valence-electron chi connectivity index (χ3n) is 2.24. The molecular formula is C9H21Cl5N2OS. The van der Waals surface area contributed by atoms with Crippen LogP contribution in [0.2, 0.25) is 0 Å². The van der Waals surface area contributed by atoms with Crippen LogP contribution in [0.3, 0.4) is 0 Å². The molecule has 1 N–H and O–H groups in total. The van der Waals surface area contributed by atoms with Crippen LogP contribution in [-0.2, 0) is 9.23 Å². The normalized spacial score (nSPS) is 23.4. The fourth-order valence-corrected chi connectivity index (χ4v) is 2.03. The van der Waals surface area contributed by atoms with E-state index in [4.69, 9.17) is 15.8 Å². The van der Waals surface area contributed by atoms with Crippen molar-refractivity contribution in [1.82, 2.24) is 10.2 Å². The quantitative estimate of drug-likeness (QED) is 0.601. The first-order valence-corrected chi connectivity index (χ1v) is 8.58. The van der Waals surface area contributed by atoms with Gasteiger partial charge in [-0.25, -0.2) is 4.21 Å². The van der Waals surface area contributed by atoms with Crippen LogP contribution in [0.4, 0.5) is 0 Å². The van der Waals surface area contributed by atoms with E-state index in [9.17, 15) is 0 Å². The van der Waals surface area contributed by atoms with E-state index in [-0.39, 0.29) is 24.8 Å². The highest BCUT2D eigenvalue weighted by Crippen LogP contribution is 2.04. The summed E-state index contributed by atoms with van der Waals surface area (Å²) >= 11 is 5.65. The van der Waals surface area contributed by atoms with Crippen LogP contribution in [0.15, 0.2) is 0 Å². The van der Waals surface area contributed by atoms with Crippen molar-refractivity contribution in [3.05, 3.63) is 0 Å². The molecule has 0 aromatic carbocycles. The molecule has 0 bridgehead atoms. The predicted octanol–water partition coefficient (Wildman–Crippen LogP) is 3.18. The molecule has 1 rings (SSSR count). The zero-order valence-electron chi connectivity index (χ0n) is 10.4. The molecule has 0 aliphatic carbocycles. The molecule has 1 aliphatic heterocycles. The molecular weight excluding hydrogens is 361 g/mol. The van der Waals surface area contributed by atoms with Gasteiger partial charge in [0.1, 0.15) is 0 Å². The summed E-state index contributed by atoms with van der Waals surface area (Å²) in [6.45, 7) is 7.97. The Morgan fingerprint density at radius 1 is 1.22 bits per heavy atom. The van der Waals surface area contributed by atoms with Crippen molar-refractivity contribution in [2.75, 3.05) is 25.5 Å². The number of alkyl halides is 1. The summed E-state index contributed by atoms with van der Waals surface area (Å²) in [5, 5.41) is 3.51. The summed E-state index contributed by atoms with van der Waals surface area (Å²) in [6.07, 6.45) is 1.11. The van der Waals surface area contributed by atoms with Crippen LogP contribution < -0.4 is 5.32 Å². The molecule has 3 nitrogen and oxygen atoms in total. The van der Waals surface area contributed by atoms with E-state index >= 15 is 0 Å². The van der Waals surface area contributed by atoms with Crippen LogP contribution in [0.25, 0.3) is 0 Å². The van der Waals surface area contributed by atoms with E-state index in [2.05, 4.69) is 45.4 Å². The number of hydrogen-bond donors (Lipinski definition) is 1. The van der Waals surface area contributed by atoms with Crippen LogP contribution in [0, 0.1) is 0 Å². The highest BCUT2D eigenvalue weighted by atomic mass is 36.0. The van der Waals surface area contributed by atoms with Crippen molar-refractivity contribution in [2.45, 2.75) is 32.4 Å². The number of nitrogens with one attached hydrogen (secondary N) is 1. The molecule has 1 fully saturated rings. The highest BCUT2D eigenvalue weighted by Gasteiger charge is 2.19. The summed E-state index contributed by atoms with van der Waals surface area (Å²) in [6, 6.07) is 1.26. The standard InChI is InChI=1S/C9H19ClN2.Cl2OS.2ClH/c1-8-6-12(5-3-4-10)7-9(2)11-8;1-4(2)3;;/h8-9,11H,3-7H2,1-2H3;;2*1H/t8-,9+;;;. The van der Waals surface area contributed by atoms with Gasteiger partial charge < -0.3 is 10.2 Å². The molecule has 0 aromatic rings. The lowest BCUT2D eigenvalue weighted by molar-refractivity contribution is 0.174. The van der Waals surface area contributed by atoms with Gasteiger partial charge in [-0.15, -0.1) is 36.4 Å². The van der Waals surface area contributed by atoms with E-state index in [0.29, 0.717) is 12.1 Å². The van der Waals surface area contributed by atoms with Crippen LogP contribution >= 0.6 is 57.8 Å². The van der Waals surface area contributed by atoms with Crippen molar-refractivity contribution in [2.24, 2.45) is 0 Å². The summed E-state index contributed by atoms with van der Waals surface area (Å²) in [5.41, 5.74) is 0. The monoisotopic (exact) mass is 380 g/mol. The number of piperazine rings is 1. The molecule has 0 aromatic heterocycles. The van der Waals surface area contributed by atoms with Crippen LogP contribution in [0.5, 0.6) is 0 Å². The number of halogens is 5. The maximum atomic E-state index is 9.09. The maximum Gasteiger partial charge on any atom is 0.211 e. The Balaban J connectivity index is -0.000000332. The topological polar surface area (TPSA) is 32.3 Å². The van der Waals surface area contributed by atoms with Gasteiger partial charge in [-0.3, -0.25) is 0 Å². The molecule has 18 heavy (non-hydrogen) atoms. The first-order valence-electron chi connectivity index (χ1n) is 5.24. The molecule has 9 heteroatoms. The average Bonchev–Trinajstić information content (AvgIpc) is 2.12. The molecule has 0 unspecified atom stereocenters. The largest absolute Gasteiger partial charge is 0.309 e. The minimum absolute atomic E-state index is 0. The third-order valence-corrected chi connectivity index (χ3v) is 2.51. The smallest absolute Gasteiger partial charge is 0.211 e. The second-order valence-corrected chi connectivity index (χ2v) is 6.86. The van der Waals surface area contributed by atoms with E-state index in [1.807, 2.05) is 0 Å². The van der Waals surface area contributed by atoms with Gasteiger partial charge in [-0.05, 0) is 26.8 Å².